The quantitative estimate of drug-likeness (QED) is 0.318. The van der Waals surface area contributed by atoms with Crippen molar-refractivity contribution in [1.29, 1.82) is 0 Å². The molecule has 2 rings (SSSR count). The number of benzene rings is 2. The minimum Gasteiger partial charge on any atom is -0.507 e. The first kappa shape index (κ1) is 26.1. The number of carbonyl (C=O) groups is 1. The molecule has 0 spiro atoms. The number of nitrogens with one attached hydrogen (secondary N) is 1. The van der Waals surface area contributed by atoms with Crippen LogP contribution in [0.25, 0.3) is 11.1 Å². The number of phenolic OH excluding ortho intramolecular Hbond substituents is 1. The number of ether oxygens (including phenoxy) is 1. The first-order valence-electron chi connectivity index (χ1n) is 9.69. The van der Waals surface area contributed by atoms with Crippen molar-refractivity contribution in [3.63, 3.8) is 0 Å². The first-order chi connectivity index (χ1) is 14.7. The van der Waals surface area contributed by atoms with E-state index >= 15 is 0 Å². The van der Waals surface area contributed by atoms with Crippen LogP contribution in [0.1, 0.15) is 38.8 Å². The molecule has 32 heavy (non-hydrogen) atoms. The smallest absolute Gasteiger partial charge is 0.407 e. The molecule has 0 fully saturated rings. The molecule has 176 valence electrons. The summed E-state index contributed by atoms with van der Waals surface area (Å²) in [5, 5.41) is 12.1. The van der Waals surface area contributed by atoms with Crippen LogP contribution in [0.2, 0.25) is 0 Å². The third kappa shape index (κ3) is 6.90. The number of phenols is 1. The van der Waals surface area contributed by atoms with E-state index < -0.39 is 47.7 Å². The maximum atomic E-state index is 14.8. The van der Waals surface area contributed by atoms with Crippen LogP contribution >= 0.6 is 15.9 Å². The molecule has 0 heterocycles. The van der Waals surface area contributed by atoms with Crippen molar-refractivity contribution in [2.45, 2.75) is 51.1 Å². The molecule has 10 heteroatoms. The van der Waals surface area contributed by atoms with Gasteiger partial charge in [-0.1, -0.05) is 28.1 Å². The van der Waals surface area contributed by atoms with Gasteiger partial charge in [-0.2, -0.15) is 13.2 Å². The molecular formula is C22H23BrF5NO3. The fourth-order valence-electron chi connectivity index (χ4n) is 3.17. The molecule has 2 aromatic rings. The highest BCUT2D eigenvalue weighted by Crippen LogP contribution is 2.38. The number of alkyl halides is 4. The van der Waals surface area contributed by atoms with Gasteiger partial charge in [-0.3, -0.25) is 10.1 Å². The molecule has 0 saturated heterocycles. The second kappa shape index (κ2) is 10.2. The van der Waals surface area contributed by atoms with Gasteiger partial charge in [0, 0.05) is 22.0 Å². The maximum Gasteiger partial charge on any atom is 0.407 e. The molecule has 0 radical (unpaired) electrons. The van der Waals surface area contributed by atoms with Gasteiger partial charge in [0.05, 0.1) is 6.61 Å². The number of hydrogen-bond donors (Lipinski definition) is 2. The number of hydrogen-bond acceptors (Lipinski definition) is 4. The van der Waals surface area contributed by atoms with Gasteiger partial charge in [0.15, 0.2) is 0 Å². The third-order valence-electron chi connectivity index (χ3n) is 4.53. The molecule has 2 N–H and O–H groups in total. The number of carbonyl (C=O) groups excluding carboxylic acids is 1. The van der Waals surface area contributed by atoms with Crippen LogP contribution in [-0.2, 0) is 9.53 Å². The van der Waals surface area contributed by atoms with E-state index in [0.717, 1.165) is 26.0 Å². The summed E-state index contributed by atoms with van der Waals surface area (Å²) >= 11 is 3.19. The van der Waals surface area contributed by atoms with Crippen molar-refractivity contribution >= 4 is 21.9 Å². The Labute approximate surface area is 190 Å². The van der Waals surface area contributed by atoms with Crippen LogP contribution in [-0.4, -0.2) is 35.6 Å². The molecular weight excluding hydrogens is 501 g/mol. The first-order valence-corrected chi connectivity index (χ1v) is 10.5. The molecule has 0 saturated carbocycles. The zero-order valence-electron chi connectivity index (χ0n) is 17.6. The lowest BCUT2D eigenvalue weighted by atomic mass is 9.96. The molecule has 1 unspecified atom stereocenters. The Hall–Kier alpha value is -2.20. The van der Waals surface area contributed by atoms with E-state index in [1.807, 2.05) is 0 Å². The van der Waals surface area contributed by atoms with Crippen LogP contribution in [0, 0.1) is 5.82 Å². The molecule has 0 bridgehead atoms. The molecule has 0 aromatic heterocycles. The zero-order chi connectivity index (χ0) is 24.3. The SMILES string of the molecule is CCOC(=O)[C@H](CC(C)(C)F)NC(c1ccc(-c2cc(Br)ccc2O)c(F)c1)C(F)(F)F. The van der Waals surface area contributed by atoms with Crippen molar-refractivity contribution in [3.8, 4) is 16.9 Å². The summed E-state index contributed by atoms with van der Waals surface area (Å²) in [6.07, 6.45) is -5.50. The predicted octanol–water partition coefficient (Wildman–Crippen LogP) is 6.22. The molecule has 0 aliphatic heterocycles. The van der Waals surface area contributed by atoms with Crippen LogP contribution in [0.5, 0.6) is 5.75 Å². The average molecular weight is 524 g/mol. The maximum absolute atomic E-state index is 14.8. The minimum atomic E-state index is -4.92. The minimum absolute atomic E-state index is 0.0866. The molecule has 4 nitrogen and oxygen atoms in total. The lowest BCUT2D eigenvalue weighted by Crippen LogP contribution is -2.47. The Bertz CT molecular complexity index is 960. The van der Waals surface area contributed by atoms with Gasteiger partial charge in [-0.15, -0.1) is 0 Å². The van der Waals surface area contributed by atoms with Gasteiger partial charge in [0.1, 0.15) is 29.3 Å². The second-order valence-electron chi connectivity index (χ2n) is 7.77. The standard InChI is InChI=1S/C22H23BrF5NO3/c1-4-32-20(31)17(11-21(2,3)25)29-19(22(26,27)28)12-5-7-14(16(24)9-12)15-10-13(23)6-8-18(15)30/h5-10,17,19,29-30H,4,11H2,1-3H3/t17-,19?/m0/s1. The lowest BCUT2D eigenvalue weighted by molar-refractivity contribution is -0.165. The van der Waals surface area contributed by atoms with E-state index in [-0.39, 0.29) is 23.5 Å². The number of aromatic hydroxyl groups is 1. The Morgan fingerprint density at radius 3 is 2.31 bits per heavy atom. The van der Waals surface area contributed by atoms with E-state index in [2.05, 4.69) is 21.2 Å². The van der Waals surface area contributed by atoms with Crippen LogP contribution < -0.4 is 5.32 Å². The summed E-state index contributed by atoms with van der Waals surface area (Å²) in [7, 11) is 0. The third-order valence-corrected chi connectivity index (χ3v) is 5.02. The largest absolute Gasteiger partial charge is 0.507 e. The topological polar surface area (TPSA) is 58.6 Å². The second-order valence-corrected chi connectivity index (χ2v) is 8.69. The highest BCUT2D eigenvalue weighted by molar-refractivity contribution is 9.10. The fourth-order valence-corrected chi connectivity index (χ4v) is 3.53. The Balaban J connectivity index is 2.45. The van der Waals surface area contributed by atoms with Crippen LogP contribution in [0.15, 0.2) is 40.9 Å². The summed E-state index contributed by atoms with van der Waals surface area (Å²) in [4.78, 5) is 12.2. The monoisotopic (exact) mass is 523 g/mol. The molecule has 0 amide bonds. The van der Waals surface area contributed by atoms with Crippen molar-refractivity contribution in [2.24, 2.45) is 0 Å². The molecule has 0 aliphatic rings. The van der Waals surface area contributed by atoms with E-state index in [0.29, 0.717) is 10.5 Å². The Morgan fingerprint density at radius 2 is 1.78 bits per heavy atom. The Kier molecular flexibility index (Phi) is 8.27. The van der Waals surface area contributed by atoms with Crippen molar-refractivity contribution in [1.82, 2.24) is 5.32 Å². The zero-order valence-corrected chi connectivity index (χ0v) is 19.2. The normalized spacial score (nSPS) is 14.2. The molecule has 2 atom stereocenters. The van der Waals surface area contributed by atoms with E-state index in [1.165, 1.54) is 25.1 Å². The van der Waals surface area contributed by atoms with E-state index in [1.54, 1.807) is 0 Å². The van der Waals surface area contributed by atoms with Gasteiger partial charge in [0.2, 0.25) is 0 Å². The van der Waals surface area contributed by atoms with Gasteiger partial charge in [-0.25, -0.2) is 8.78 Å². The summed E-state index contributed by atoms with van der Waals surface area (Å²) in [6, 6.07) is 3.00. The molecule has 2 aromatic carbocycles. The molecule has 0 aliphatic carbocycles. The number of rotatable bonds is 8. The predicted molar refractivity (Wildman–Crippen MR) is 113 cm³/mol. The summed E-state index contributed by atoms with van der Waals surface area (Å²) < 4.78 is 75.8. The van der Waals surface area contributed by atoms with Gasteiger partial charge >= 0.3 is 12.1 Å². The fraction of sp³-hybridized carbons (Fsp3) is 0.409. The summed E-state index contributed by atoms with van der Waals surface area (Å²) in [6.45, 7) is 3.63. The summed E-state index contributed by atoms with van der Waals surface area (Å²) in [5.74, 6) is -2.30. The summed E-state index contributed by atoms with van der Waals surface area (Å²) in [5.41, 5.74) is -2.50. The van der Waals surface area contributed by atoms with Crippen molar-refractivity contribution in [2.75, 3.05) is 6.61 Å². The van der Waals surface area contributed by atoms with Gasteiger partial charge in [0.25, 0.3) is 0 Å². The highest BCUT2D eigenvalue weighted by Gasteiger charge is 2.44. The lowest BCUT2D eigenvalue weighted by Gasteiger charge is -2.29. The average Bonchev–Trinajstić information content (AvgIpc) is 2.65. The van der Waals surface area contributed by atoms with E-state index in [9.17, 15) is 31.9 Å². The van der Waals surface area contributed by atoms with Gasteiger partial charge < -0.3 is 9.84 Å². The highest BCUT2D eigenvalue weighted by atomic mass is 79.9. The van der Waals surface area contributed by atoms with E-state index in [4.69, 9.17) is 4.74 Å². The van der Waals surface area contributed by atoms with Crippen LogP contribution in [0.4, 0.5) is 22.0 Å². The number of esters is 1. The van der Waals surface area contributed by atoms with Crippen LogP contribution in [0.3, 0.4) is 0 Å². The Morgan fingerprint density at radius 1 is 1.12 bits per heavy atom. The van der Waals surface area contributed by atoms with Crippen molar-refractivity contribution < 1.29 is 36.6 Å². The van der Waals surface area contributed by atoms with Gasteiger partial charge in [-0.05, 0) is 50.6 Å². The van der Waals surface area contributed by atoms with Crippen molar-refractivity contribution in [3.05, 3.63) is 52.3 Å². The number of halogens is 6.